The van der Waals surface area contributed by atoms with E-state index in [0.29, 0.717) is 23.7 Å². The van der Waals surface area contributed by atoms with Crippen molar-refractivity contribution in [2.24, 2.45) is 0 Å². The molecular weight excluding hydrogens is 376 g/mol. The van der Waals surface area contributed by atoms with Crippen molar-refractivity contribution in [1.82, 2.24) is 4.57 Å². The van der Waals surface area contributed by atoms with E-state index in [9.17, 15) is 9.59 Å². The molecule has 4 nitrogen and oxygen atoms in total. The van der Waals surface area contributed by atoms with Crippen molar-refractivity contribution in [2.75, 3.05) is 11.1 Å². The summed E-state index contributed by atoms with van der Waals surface area (Å²) in [4.78, 5) is 24.0. The molecule has 25 heavy (non-hydrogen) atoms. The average molecular weight is 393 g/mol. The van der Waals surface area contributed by atoms with Crippen molar-refractivity contribution in [1.29, 1.82) is 0 Å². The van der Waals surface area contributed by atoms with Crippen LogP contribution in [-0.4, -0.2) is 16.2 Å². The highest BCUT2D eigenvalue weighted by molar-refractivity contribution is 7.99. The Morgan fingerprint density at radius 3 is 2.84 bits per heavy atom. The van der Waals surface area contributed by atoms with E-state index in [1.807, 2.05) is 49.4 Å². The maximum absolute atomic E-state index is 12.1. The maximum Gasteiger partial charge on any atom is 0.308 e. The number of amides is 1. The van der Waals surface area contributed by atoms with Crippen LogP contribution in [0.5, 0.6) is 0 Å². The van der Waals surface area contributed by atoms with Crippen LogP contribution in [0.4, 0.5) is 5.69 Å². The number of carbonyl (C=O) groups excluding carboxylic acids is 1. The van der Waals surface area contributed by atoms with Gasteiger partial charge in [0.2, 0.25) is 5.91 Å². The third-order valence-electron chi connectivity index (χ3n) is 3.72. The second-order valence-corrected chi connectivity index (χ2v) is 7.81. The van der Waals surface area contributed by atoms with Crippen molar-refractivity contribution >= 4 is 56.5 Å². The molecule has 1 N–H and O–H groups in total. The van der Waals surface area contributed by atoms with Crippen molar-refractivity contribution < 1.29 is 4.79 Å². The molecule has 0 spiro atoms. The minimum Gasteiger partial charge on any atom is -0.325 e. The number of halogens is 1. The molecule has 7 heteroatoms. The third kappa shape index (κ3) is 4.26. The second kappa shape index (κ2) is 8.08. The summed E-state index contributed by atoms with van der Waals surface area (Å²) in [5.41, 5.74) is 2.64. The number of rotatable bonds is 6. The van der Waals surface area contributed by atoms with E-state index in [0.717, 1.165) is 20.8 Å². The van der Waals surface area contributed by atoms with Crippen molar-refractivity contribution in [3.05, 3.63) is 62.7 Å². The SMILES string of the molecule is CCn1c(=O)sc2cc(NC(=O)CSCc3ccccc3Cl)ccc21. The minimum absolute atomic E-state index is 0.0243. The minimum atomic E-state index is -0.0707. The number of benzene rings is 2. The number of aromatic nitrogens is 1. The van der Waals surface area contributed by atoms with Gasteiger partial charge in [0.05, 0.1) is 16.0 Å². The van der Waals surface area contributed by atoms with Gasteiger partial charge in [0.1, 0.15) is 0 Å². The van der Waals surface area contributed by atoms with Crippen molar-refractivity contribution in [3.8, 4) is 0 Å². The van der Waals surface area contributed by atoms with Crippen LogP contribution < -0.4 is 10.2 Å². The Kier molecular flexibility index (Phi) is 5.83. The first-order valence-corrected chi connectivity index (χ1v) is 10.2. The molecule has 3 rings (SSSR count). The number of anilines is 1. The summed E-state index contributed by atoms with van der Waals surface area (Å²) in [6.07, 6.45) is 0. The quantitative estimate of drug-likeness (QED) is 0.666. The Bertz CT molecular complexity index is 965. The fourth-order valence-corrected chi connectivity index (χ4v) is 4.62. The average Bonchev–Trinajstić information content (AvgIpc) is 2.90. The number of nitrogens with one attached hydrogen (secondary N) is 1. The zero-order valence-corrected chi connectivity index (χ0v) is 16.0. The fourth-order valence-electron chi connectivity index (χ4n) is 2.51. The molecular formula is C18H17ClN2O2S2. The molecule has 0 fully saturated rings. The summed E-state index contributed by atoms with van der Waals surface area (Å²) in [5, 5.41) is 3.60. The predicted octanol–water partition coefficient (Wildman–Crippen LogP) is 4.61. The monoisotopic (exact) mass is 392 g/mol. The Hall–Kier alpha value is -1.76. The summed E-state index contributed by atoms with van der Waals surface area (Å²) < 4.78 is 2.61. The molecule has 130 valence electrons. The van der Waals surface area contributed by atoms with Gasteiger partial charge in [-0.15, -0.1) is 11.8 Å². The van der Waals surface area contributed by atoms with Crippen molar-refractivity contribution in [3.63, 3.8) is 0 Å². The third-order valence-corrected chi connectivity index (χ3v) is 6.01. The molecule has 0 aliphatic heterocycles. The van der Waals surface area contributed by atoms with Gasteiger partial charge in [-0.3, -0.25) is 14.2 Å². The van der Waals surface area contributed by atoms with E-state index in [4.69, 9.17) is 11.6 Å². The number of carbonyl (C=O) groups is 1. The van der Waals surface area contributed by atoms with Gasteiger partial charge in [-0.1, -0.05) is 41.1 Å². The van der Waals surface area contributed by atoms with Crippen LogP contribution in [0.25, 0.3) is 10.2 Å². The lowest BCUT2D eigenvalue weighted by Crippen LogP contribution is -2.14. The van der Waals surface area contributed by atoms with Crippen LogP contribution in [0.2, 0.25) is 5.02 Å². The summed E-state index contributed by atoms with van der Waals surface area (Å²) in [7, 11) is 0. The van der Waals surface area contributed by atoms with Crippen LogP contribution >= 0.6 is 34.7 Å². The summed E-state index contributed by atoms with van der Waals surface area (Å²) in [6, 6.07) is 13.2. The lowest BCUT2D eigenvalue weighted by molar-refractivity contribution is -0.113. The number of thiazole rings is 1. The van der Waals surface area contributed by atoms with Gasteiger partial charge < -0.3 is 5.32 Å². The first kappa shape index (κ1) is 18.0. The molecule has 1 heterocycles. The molecule has 0 unspecified atom stereocenters. The second-order valence-electron chi connectivity index (χ2n) is 5.43. The van der Waals surface area contributed by atoms with Gasteiger partial charge in [-0.05, 0) is 36.8 Å². The van der Waals surface area contributed by atoms with Crippen LogP contribution in [0.15, 0.2) is 47.3 Å². The molecule has 0 bridgehead atoms. The standard InChI is InChI=1S/C18H17ClN2O2S2/c1-2-21-15-8-7-13(9-16(15)25-18(21)23)20-17(22)11-24-10-12-5-3-4-6-14(12)19/h3-9H,2,10-11H2,1H3,(H,20,22). The highest BCUT2D eigenvalue weighted by atomic mass is 35.5. The van der Waals surface area contributed by atoms with Crippen LogP contribution in [0.1, 0.15) is 12.5 Å². The van der Waals surface area contributed by atoms with Gasteiger partial charge >= 0.3 is 4.87 Å². The highest BCUT2D eigenvalue weighted by Crippen LogP contribution is 2.23. The van der Waals surface area contributed by atoms with Crippen LogP contribution in [-0.2, 0) is 17.1 Å². The van der Waals surface area contributed by atoms with E-state index in [-0.39, 0.29) is 10.8 Å². The van der Waals surface area contributed by atoms with Gasteiger partial charge in [-0.25, -0.2) is 0 Å². The predicted molar refractivity (Wildman–Crippen MR) is 108 cm³/mol. The van der Waals surface area contributed by atoms with Gasteiger partial charge in [0.25, 0.3) is 0 Å². The maximum atomic E-state index is 12.1. The molecule has 1 amide bonds. The Labute approximate surface area is 158 Å². The van der Waals surface area contributed by atoms with E-state index in [2.05, 4.69) is 5.32 Å². The summed E-state index contributed by atoms with van der Waals surface area (Å²) >= 11 is 8.82. The largest absolute Gasteiger partial charge is 0.325 e. The Morgan fingerprint density at radius 2 is 2.08 bits per heavy atom. The first-order chi connectivity index (χ1) is 12.1. The lowest BCUT2D eigenvalue weighted by Gasteiger charge is -2.07. The van der Waals surface area contributed by atoms with Gasteiger partial charge in [-0.2, -0.15) is 0 Å². The zero-order chi connectivity index (χ0) is 17.8. The molecule has 0 saturated heterocycles. The van der Waals surface area contributed by atoms with E-state index < -0.39 is 0 Å². The topological polar surface area (TPSA) is 51.1 Å². The van der Waals surface area contributed by atoms with Gasteiger partial charge in [0.15, 0.2) is 0 Å². The Morgan fingerprint density at radius 1 is 1.28 bits per heavy atom. The van der Waals surface area contributed by atoms with E-state index >= 15 is 0 Å². The highest BCUT2D eigenvalue weighted by Gasteiger charge is 2.09. The molecule has 2 aromatic carbocycles. The lowest BCUT2D eigenvalue weighted by atomic mass is 10.2. The number of fused-ring (bicyclic) bond motifs is 1. The van der Waals surface area contributed by atoms with E-state index in [1.54, 1.807) is 4.57 Å². The molecule has 0 radical (unpaired) electrons. The van der Waals surface area contributed by atoms with Crippen LogP contribution in [0, 0.1) is 0 Å². The van der Waals surface area contributed by atoms with Crippen LogP contribution in [0.3, 0.4) is 0 Å². The molecule has 0 atom stereocenters. The van der Waals surface area contributed by atoms with E-state index in [1.165, 1.54) is 23.1 Å². The number of thioether (sulfide) groups is 1. The number of hydrogen-bond donors (Lipinski definition) is 1. The fraction of sp³-hybridized carbons (Fsp3) is 0.222. The molecule has 3 aromatic rings. The molecule has 0 saturated carbocycles. The molecule has 0 aliphatic rings. The number of hydrogen-bond acceptors (Lipinski definition) is 4. The first-order valence-electron chi connectivity index (χ1n) is 7.83. The normalized spacial score (nSPS) is 11.0. The molecule has 1 aromatic heterocycles. The molecule has 0 aliphatic carbocycles. The smallest absolute Gasteiger partial charge is 0.308 e. The zero-order valence-electron chi connectivity index (χ0n) is 13.6. The number of aryl methyl sites for hydroxylation is 1. The number of nitrogens with zero attached hydrogens (tertiary/aromatic N) is 1. The summed E-state index contributed by atoms with van der Waals surface area (Å²) in [5.74, 6) is 0.960. The van der Waals surface area contributed by atoms with Crippen molar-refractivity contribution in [2.45, 2.75) is 19.2 Å². The van der Waals surface area contributed by atoms with Gasteiger partial charge in [0, 0.05) is 23.0 Å². The summed E-state index contributed by atoms with van der Waals surface area (Å²) in [6.45, 7) is 2.59. The Balaban J connectivity index is 1.60.